The monoisotopic (exact) mass is 463 g/mol. The molecule has 0 aliphatic carbocycles. The van der Waals surface area contributed by atoms with Crippen LogP contribution in [0, 0.1) is 11.7 Å². The molecule has 0 saturated carbocycles. The first kappa shape index (κ1) is 26.1. The van der Waals surface area contributed by atoms with E-state index in [0.29, 0.717) is 38.4 Å². The number of hydrogen-bond donors (Lipinski definition) is 2. The summed E-state index contributed by atoms with van der Waals surface area (Å²) in [5.74, 6) is -0.00157. The number of rotatable bonds is 12. The molecule has 0 aliphatic heterocycles. The van der Waals surface area contributed by atoms with Crippen LogP contribution in [0.1, 0.15) is 33.6 Å². The lowest BCUT2D eigenvalue weighted by Crippen LogP contribution is -2.45. The lowest BCUT2D eigenvalue weighted by atomic mass is 10.2. The molecule has 1 heterocycles. The van der Waals surface area contributed by atoms with Crippen LogP contribution in [-0.4, -0.2) is 53.6 Å². The highest BCUT2D eigenvalue weighted by Gasteiger charge is 2.25. The zero-order chi connectivity index (χ0) is 24.5. The SMILES string of the molecule is CCCCN(C(=O)CN(C)CCOc1ccc(F)cc1)c1c(N)n(CC(C)C)c(=O)[nH]c1=O. The van der Waals surface area contributed by atoms with E-state index in [1.165, 1.54) is 33.7 Å². The number of anilines is 2. The highest BCUT2D eigenvalue weighted by Crippen LogP contribution is 2.19. The molecule has 182 valence electrons. The number of amides is 1. The Hall–Kier alpha value is -3.14. The summed E-state index contributed by atoms with van der Waals surface area (Å²) in [5, 5.41) is 0. The maximum Gasteiger partial charge on any atom is 0.330 e. The average Bonchev–Trinajstić information content (AvgIpc) is 2.74. The summed E-state index contributed by atoms with van der Waals surface area (Å²) in [4.78, 5) is 43.5. The summed E-state index contributed by atoms with van der Waals surface area (Å²) < 4.78 is 19.9. The zero-order valence-electron chi connectivity index (χ0n) is 19.8. The van der Waals surface area contributed by atoms with Gasteiger partial charge in [0, 0.05) is 19.6 Å². The summed E-state index contributed by atoms with van der Waals surface area (Å²) in [6.07, 6.45) is 1.49. The van der Waals surface area contributed by atoms with Crippen LogP contribution in [-0.2, 0) is 11.3 Å². The number of unbranched alkanes of at least 4 members (excludes halogenated alkanes) is 1. The van der Waals surface area contributed by atoms with Gasteiger partial charge in [-0.1, -0.05) is 27.2 Å². The summed E-state index contributed by atoms with van der Waals surface area (Å²) in [7, 11) is 1.76. The Labute approximate surface area is 193 Å². The molecule has 2 aromatic rings. The Bertz CT molecular complexity index is 1030. The number of carbonyl (C=O) groups is 1. The Morgan fingerprint density at radius 3 is 2.48 bits per heavy atom. The Kier molecular flexibility index (Phi) is 9.65. The third-order valence-corrected chi connectivity index (χ3v) is 5.03. The molecular weight excluding hydrogens is 429 g/mol. The van der Waals surface area contributed by atoms with Crippen molar-refractivity contribution in [3.63, 3.8) is 0 Å². The van der Waals surface area contributed by atoms with E-state index in [9.17, 15) is 18.8 Å². The van der Waals surface area contributed by atoms with Crippen molar-refractivity contribution < 1.29 is 13.9 Å². The van der Waals surface area contributed by atoms with E-state index in [4.69, 9.17) is 10.5 Å². The molecule has 1 aromatic heterocycles. The van der Waals surface area contributed by atoms with Crippen molar-refractivity contribution in [2.75, 3.05) is 43.9 Å². The molecule has 9 nitrogen and oxygen atoms in total. The Morgan fingerprint density at radius 1 is 1.21 bits per heavy atom. The molecule has 0 radical (unpaired) electrons. The van der Waals surface area contributed by atoms with Crippen molar-refractivity contribution in [3.8, 4) is 5.75 Å². The summed E-state index contributed by atoms with van der Waals surface area (Å²) in [6, 6.07) is 5.70. The molecule has 0 saturated heterocycles. The number of nitrogen functional groups attached to an aromatic ring is 1. The van der Waals surface area contributed by atoms with Gasteiger partial charge >= 0.3 is 5.69 Å². The fourth-order valence-electron chi connectivity index (χ4n) is 3.31. The maximum absolute atomic E-state index is 13.2. The van der Waals surface area contributed by atoms with Crippen molar-refractivity contribution >= 4 is 17.4 Å². The molecule has 0 aliphatic rings. The van der Waals surface area contributed by atoms with Gasteiger partial charge < -0.3 is 15.4 Å². The molecule has 0 spiro atoms. The summed E-state index contributed by atoms with van der Waals surface area (Å²) in [5.41, 5.74) is 4.96. The molecule has 2 rings (SSSR count). The molecule has 33 heavy (non-hydrogen) atoms. The van der Waals surface area contributed by atoms with Crippen molar-refractivity contribution in [1.82, 2.24) is 14.5 Å². The van der Waals surface area contributed by atoms with Crippen LogP contribution in [0.5, 0.6) is 5.75 Å². The van der Waals surface area contributed by atoms with Crippen molar-refractivity contribution in [2.45, 2.75) is 40.2 Å². The fourth-order valence-corrected chi connectivity index (χ4v) is 3.31. The minimum absolute atomic E-state index is 0.00432. The molecule has 1 aromatic carbocycles. The number of benzene rings is 1. The number of halogens is 1. The van der Waals surface area contributed by atoms with Gasteiger partial charge in [0.1, 0.15) is 24.0 Å². The van der Waals surface area contributed by atoms with Crippen LogP contribution in [0.4, 0.5) is 15.9 Å². The van der Waals surface area contributed by atoms with Gasteiger partial charge in [0.25, 0.3) is 5.56 Å². The number of H-pyrrole nitrogens is 1. The predicted molar refractivity (Wildman–Crippen MR) is 127 cm³/mol. The van der Waals surface area contributed by atoms with E-state index in [1.807, 2.05) is 20.8 Å². The quantitative estimate of drug-likeness (QED) is 0.498. The molecule has 0 atom stereocenters. The number of aromatic amines is 1. The van der Waals surface area contributed by atoms with Crippen molar-refractivity contribution in [2.24, 2.45) is 5.92 Å². The first-order chi connectivity index (χ1) is 15.6. The first-order valence-corrected chi connectivity index (χ1v) is 11.1. The lowest BCUT2D eigenvalue weighted by Gasteiger charge is -2.27. The zero-order valence-corrected chi connectivity index (χ0v) is 19.8. The number of ether oxygens (including phenoxy) is 1. The van der Waals surface area contributed by atoms with Gasteiger partial charge in [-0.2, -0.15) is 0 Å². The fraction of sp³-hybridized carbons (Fsp3) is 0.522. The number of nitrogens with one attached hydrogen (secondary N) is 1. The van der Waals surface area contributed by atoms with Crippen LogP contribution >= 0.6 is 0 Å². The number of nitrogens with two attached hydrogens (primary N) is 1. The molecule has 0 unspecified atom stereocenters. The van der Waals surface area contributed by atoms with Crippen LogP contribution in [0.3, 0.4) is 0 Å². The van der Waals surface area contributed by atoms with Crippen molar-refractivity contribution in [3.05, 3.63) is 50.9 Å². The molecule has 10 heteroatoms. The second-order valence-corrected chi connectivity index (χ2v) is 8.44. The smallest absolute Gasteiger partial charge is 0.330 e. The number of likely N-dealkylation sites (N-methyl/N-ethyl adjacent to an activating group) is 1. The second kappa shape index (κ2) is 12.2. The van der Waals surface area contributed by atoms with Gasteiger partial charge in [-0.3, -0.25) is 24.0 Å². The van der Waals surface area contributed by atoms with E-state index < -0.39 is 11.2 Å². The Morgan fingerprint density at radius 2 is 1.88 bits per heavy atom. The van der Waals surface area contributed by atoms with Crippen LogP contribution in [0.2, 0.25) is 0 Å². The molecule has 1 amide bonds. The van der Waals surface area contributed by atoms with Gasteiger partial charge in [-0.25, -0.2) is 9.18 Å². The topological polar surface area (TPSA) is 114 Å². The maximum atomic E-state index is 13.2. The summed E-state index contributed by atoms with van der Waals surface area (Å²) in [6.45, 7) is 7.23. The molecule has 0 fully saturated rings. The van der Waals surface area contributed by atoms with Crippen LogP contribution in [0.15, 0.2) is 33.9 Å². The highest BCUT2D eigenvalue weighted by atomic mass is 19.1. The van der Waals surface area contributed by atoms with Gasteiger partial charge in [0.05, 0.1) is 6.54 Å². The molecule has 0 bridgehead atoms. The average molecular weight is 464 g/mol. The third-order valence-electron chi connectivity index (χ3n) is 5.03. The minimum Gasteiger partial charge on any atom is -0.492 e. The number of nitrogens with zero attached hydrogens (tertiary/aromatic N) is 3. The van der Waals surface area contributed by atoms with Crippen LogP contribution < -0.4 is 26.6 Å². The number of aromatic nitrogens is 2. The first-order valence-electron chi connectivity index (χ1n) is 11.1. The van der Waals surface area contributed by atoms with Gasteiger partial charge in [0.2, 0.25) is 5.91 Å². The minimum atomic E-state index is -0.677. The van der Waals surface area contributed by atoms with Gasteiger partial charge in [0.15, 0.2) is 5.69 Å². The van der Waals surface area contributed by atoms with E-state index in [-0.39, 0.29) is 35.7 Å². The lowest BCUT2D eigenvalue weighted by molar-refractivity contribution is -0.119. The largest absolute Gasteiger partial charge is 0.492 e. The van der Waals surface area contributed by atoms with E-state index in [0.717, 1.165) is 6.42 Å². The summed E-state index contributed by atoms with van der Waals surface area (Å²) >= 11 is 0. The van der Waals surface area contributed by atoms with E-state index in [1.54, 1.807) is 11.9 Å². The highest BCUT2D eigenvalue weighted by molar-refractivity contribution is 5.96. The van der Waals surface area contributed by atoms with E-state index in [2.05, 4.69) is 4.98 Å². The normalized spacial score (nSPS) is 11.2. The van der Waals surface area contributed by atoms with Gasteiger partial charge in [-0.05, 0) is 43.7 Å². The van der Waals surface area contributed by atoms with Crippen molar-refractivity contribution in [1.29, 1.82) is 0 Å². The van der Waals surface area contributed by atoms with E-state index >= 15 is 0 Å². The third kappa shape index (κ3) is 7.45. The second-order valence-electron chi connectivity index (χ2n) is 8.44. The van der Waals surface area contributed by atoms with Crippen LogP contribution in [0.25, 0.3) is 0 Å². The standard InChI is InChI=1S/C23H34FN5O4/c1-5-6-11-28(20-21(25)29(14-16(2)3)23(32)26-22(20)31)19(30)15-27(4)12-13-33-18-9-7-17(24)8-10-18/h7-10,16H,5-6,11-15,25H2,1-4H3,(H,26,31,32). The predicted octanol–water partition coefficient (Wildman–Crippen LogP) is 2.06. The van der Waals surface area contributed by atoms with Gasteiger partial charge in [-0.15, -0.1) is 0 Å². The number of carbonyl (C=O) groups excluding carboxylic acids is 1. The number of hydrogen-bond acceptors (Lipinski definition) is 6. The molecule has 3 N–H and O–H groups in total. The molecular formula is C23H34FN5O4. The Balaban J connectivity index is 2.15.